The molecule has 2 heterocycles. The Morgan fingerprint density at radius 3 is 2.48 bits per heavy atom. The third-order valence-corrected chi connectivity index (χ3v) is 8.77. The van der Waals surface area contributed by atoms with Crippen LogP contribution in [0.3, 0.4) is 0 Å². The molecule has 0 unspecified atom stereocenters. The number of rotatable bonds is 7. The van der Waals surface area contributed by atoms with Crippen LogP contribution in [0.25, 0.3) is 0 Å². The van der Waals surface area contributed by atoms with E-state index < -0.39 is 0 Å². The summed E-state index contributed by atoms with van der Waals surface area (Å²) in [4.78, 5) is 11.8. The molecule has 0 spiro atoms. The lowest BCUT2D eigenvalue weighted by molar-refractivity contribution is -0.0444. The van der Waals surface area contributed by atoms with E-state index in [4.69, 9.17) is 9.47 Å². The van der Waals surface area contributed by atoms with E-state index in [0.29, 0.717) is 5.41 Å². The molecule has 4 fully saturated rings. The molecule has 0 saturated heterocycles. The molecular weight excluding hydrogens is 412 g/mol. The Bertz CT molecular complexity index is 988. The highest BCUT2D eigenvalue weighted by Crippen LogP contribution is 2.59. The first-order valence-electron chi connectivity index (χ1n) is 12.6. The van der Waals surface area contributed by atoms with Crippen LogP contribution in [0, 0.1) is 23.2 Å². The predicted octanol–water partition coefficient (Wildman–Crippen LogP) is 4.68. The molecule has 4 bridgehead atoms. The molecular formula is C27H36N4O2. The van der Waals surface area contributed by atoms with Gasteiger partial charge in [0.2, 0.25) is 0 Å². The van der Waals surface area contributed by atoms with Gasteiger partial charge in [-0.1, -0.05) is 6.07 Å². The minimum Gasteiger partial charge on any atom is -0.497 e. The summed E-state index contributed by atoms with van der Waals surface area (Å²) in [6.45, 7) is 3.78. The molecule has 33 heavy (non-hydrogen) atoms. The molecule has 4 saturated carbocycles. The minimum absolute atomic E-state index is 0.512. The standard InChI is InChI=1S/C27H36N4O2/c1-32-22-4-3-21(25(10-22)33-2)14-31-6-5-23-24(15-31)29-17-30-26(23)28-16-27-11-18-7-19(12-27)9-20(8-18)13-27/h3-4,10,17-20H,5-9,11-16H2,1-2H3,(H,28,29,30). The van der Waals surface area contributed by atoms with Crippen LogP contribution >= 0.6 is 0 Å². The summed E-state index contributed by atoms with van der Waals surface area (Å²) in [6, 6.07) is 6.07. The van der Waals surface area contributed by atoms with Crippen molar-refractivity contribution in [1.29, 1.82) is 0 Å². The number of anilines is 1. The summed E-state index contributed by atoms with van der Waals surface area (Å²) in [7, 11) is 3.41. The lowest BCUT2D eigenvalue weighted by Crippen LogP contribution is -2.49. The van der Waals surface area contributed by atoms with E-state index in [-0.39, 0.29) is 0 Å². The molecule has 0 radical (unpaired) electrons. The van der Waals surface area contributed by atoms with Crippen molar-refractivity contribution in [3.8, 4) is 11.5 Å². The summed E-state index contributed by atoms with van der Waals surface area (Å²) in [6.07, 6.45) is 11.5. The first-order valence-corrected chi connectivity index (χ1v) is 12.6. The van der Waals surface area contributed by atoms with Crippen molar-refractivity contribution in [3.63, 3.8) is 0 Å². The number of hydrogen-bond donors (Lipinski definition) is 1. The second-order valence-corrected chi connectivity index (χ2v) is 11.1. The molecule has 176 valence electrons. The van der Waals surface area contributed by atoms with Gasteiger partial charge in [0.15, 0.2) is 0 Å². The Morgan fingerprint density at radius 2 is 1.79 bits per heavy atom. The Labute approximate surface area is 197 Å². The van der Waals surface area contributed by atoms with Crippen LogP contribution in [-0.2, 0) is 19.5 Å². The zero-order valence-corrected chi connectivity index (χ0v) is 20.0. The summed E-state index contributed by atoms with van der Waals surface area (Å²) >= 11 is 0. The topological polar surface area (TPSA) is 59.5 Å². The normalized spacial score (nSPS) is 30.2. The van der Waals surface area contributed by atoms with Crippen LogP contribution in [-0.4, -0.2) is 42.2 Å². The van der Waals surface area contributed by atoms with Crippen molar-refractivity contribution in [3.05, 3.63) is 41.3 Å². The second kappa shape index (κ2) is 8.46. The number of methoxy groups -OCH3 is 2. The van der Waals surface area contributed by atoms with Gasteiger partial charge in [-0.15, -0.1) is 0 Å². The minimum atomic E-state index is 0.512. The first-order chi connectivity index (χ1) is 16.1. The van der Waals surface area contributed by atoms with Crippen molar-refractivity contribution in [2.75, 3.05) is 32.6 Å². The van der Waals surface area contributed by atoms with Crippen LogP contribution in [0.5, 0.6) is 11.5 Å². The van der Waals surface area contributed by atoms with Gasteiger partial charge in [0.25, 0.3) is 0 Å². The summed E-state index contributed by atoms with van der Waals surface area (Å²) in [5, 5.41) is 3.82. The Balaban J connectivity index is 1.14. The van der Waals surface area contributed by atoms with Crippen LogP contribution in [0.1, 0.15) is 55.3 Å². The van der Waals surface area contributed by atoms with E-state index in [2.05, 4.69) is 26.3 Å². The Kier molecular flexibility index (Phi) is 5.44. The van der Waals surface area contributed by atoms with Gasteiger partial charge >= 0.3 is 0 Å². The van der Waals surface area contributed by atoms with E-state index in [1.54, 1.807) is 20.5 Å². The van der Waals surface area contributed by atoms with Crippen molar-refractivity contribution in [2.24, 2.45) is 23.2 Å². The zero-order valence-electron chi connectivity index (χ0n) is 20.0. The molecule has 0 atom stereocenters. The molecule has 7 rings (SSSR count). The van der Waals surface area contributed by atoms with Crippen LogP contribution < -0.4 is 14.8 Å². The zero-order chi connectivity index (χ0) is 22.4. The van der Waals surface area contributed by atoms with E-state index in [1.807, 2.05) is 12.1 Å². The van der Waals surface area contributed by atoms with Gasteiger partial charge in [0.1, 0.15) is 23.6 Å². The van der Waals surface area contributed by atoms with Gasteiger partial charge < -0.3 is 14.8 Å². The summed E-state index contributed by atoms with van der Waals surface area (Å²) in [5.41, 5.74) is 4.17. The fourth-order valence-electron chi connectivity index (χ4n) is 7.70. The molecule has 6 heteroatoms. The number of fused-ring (bicyclic) bond motifs is 1. The first kappa shape index (κ1) is 21.2. The number of aromatic nitrogens is 2. The molecule has 2 aromatic rings. The molecule has 0 amide bonds. The maximum absolute atomic E-state index is 5.61. The SMILES string of the molecule is COc1ccc(CN2CCc3c(ncnc3NCC34CC5CC(CC(C5)C3)C4)C2)c(OC)c1. The highest BCUT2D eigenvalue weighted by atomic mass is 16.5. The quantitative estimate of drug-likeness (QED) is 0.664. The highest BCUT2D eigenvalue weighted by molar-refractivity contribution is 5.47. The van der Waals surface area contributed by atoms with E-state index in [0.717, 1.165) is 73.4 Å². The second-order valence-electron chi connectivity index (χ2n) is 11.1. The van der Waals surface area contributed by atoms with E-state index in [1.165, 1.54) is 49.7 Å². The lowest BCUT2D eigenvalue weighted by atomic mass is 9.49. The van der Waals surface area contributed by atoms with Gasteiger partial charge in [0.05, 0.1) is 19.9 Å². The van der Waals surface area contributed by atoms with Crippen molar-refractivity contribution in [2.45, 2.75) is 58.0 Å². The molecule has 1 aromatic heterocycles. The monoisotopic (exact) mass is 448 g/mol. The van der Waals surface area contributed by atoms with Crippen molar-refractivity contribution < 1.29 is 9.47 Å². The average Bonchev–Trinajstić information content (AvgIpc) is 2.82. The molecule has 1 aliphatic heterocycles. The van der Waals surface area contributed by atoms with Gasteiger partial charge in [-0.2, -0.15) is 0 Å². The number of nitrogens with zero attached hydrogens (tertiary/aromatic N) is 3. The number of ether oxygens (including phenoxy) is 2. The van der Waals surface area contributed by atoms with E-state index in [9.17, 15) is 0 Å². The van der Waals surface area contributed by atoms with Crippen LogP contribution in [0.2, 0.25) is 0 Å². The maximum atomic E-state index is 5.61. The van der Waals surface area contributed by atoms with Crippen LogP contribution in [0.15, 0.2) is 24.5 Å². The fourth-order valence-corrected chi connectivity index (χ4v) is 7.70. The largest absolute Gasteiger partial charge is 0.497 e. The predicted molar refractivity (Wildman–Crippen MR) is 128 cm³/mol. The van der Waals surface area contributed by atoms with Gasteiger partial charge in [-0.25, -0.2) is 9.97 Å². The third kappa shape index (κ3) is 4.07. The fraction of sp³-hybridized carbons (Fsp3) is 0.630. The maximum Gasteiger partial charge on any atom is 0.132 e. The molecule has 4 aliphatic carbocycles. The van der Waals surface area contributed by atoms with Crippen molar-refractivity contribution in [1.82, 2.24) is 14.9 Å². The van der Waals surface area contributed by atoms with Crippen LogP contribution in [0.4, 0.5) is 5.82 Å². The van der Waals surface area contributed by atoms with Gasteiger partial charge in [-0.3, -0.25) is 4.90 Å². The molecule has 1 aromatic carbocycles. The van der Waals surface area contributed by atoms with Gasteiger partial charge in [0, 0.05) is 43.4 Å². The van der Waals surface area contributed by atoms with Crippen molar-refractivity contribution >= 4 is 5.82 Å². The summed E-state index contributed by atoms with van der Waals surface area (Å²) < 4.78 is 11.0. The Morgan fingerprint density at radius 1 is 1.03 bits per heavy atom. The van der Waals surface area contributed by atoms with E-state index >= 15 is 0 Å². The number of nitrogens with one attached hydrogen (secondary N) is 1. The highest BCUT2D eigenvalue weighted by Gasteiger charge is 2.50. The third-order valence-electron chi connectivity index (χ3n) is 8.77. The lowest BCUT2D eigenvalue weighted by Gasteiger charge is -2.57. The average molecular weight is 449 g/mol. The number of benzene rings is 1. The molecule has 5 aliphatic rings. The molecule has 6 nitrogen and oxygen atoms in total. The Hall–Kier alpha value is -2.34. The number of hydrogen-bond acceptors (Lipinski definition) is 6. The van der Waals surface area contributed by atoms with Gasteiger partial charge in [-0.05, 0) is 74.2 Å². The summed E-state index contributed by atoms with van der Waals surface area (Å²) in [5.74, 6) is 5.74. The smallest absolute Gasteiger partial charge is 0.132 e. The molecule has 1 N–H and O–H groups in total.